The zero-order valence-electron chi connectivity index (χ0n) is 8.96. The Balaban J connectivity index is 0.000000396. The van der Waals surface area contributed by atoms with E-state index in [1.807, 2.05) is 27.0 Å². The van der Waals surface area contributed by atoms with Crippen LogP contribution in [0.15, 0.2) is 6.20 Å². The molecule has 2 rings (SSSR count). The number of hydrogen-bond acceptors (Lipinski definition) is 2. The lowest BCUT2D eigenvalue weighted by molar-refractivity contribution is 0.941. The van der Waals surface area contributed by atoms with Crippen molar-refractivity contribution in [3.05, 3.63) is 23.3 Å². The van der Waals surface area contributed by atoms with Gasteiger partial charge in [-0.05, 0) is 38.2 Å². The fourth-order valence-electron chi connectivity index (χ4n) is 1.39. The van der Waals surface area contributed by atoms with Crippen LogP contribution in [0, 0.1) is 13.8 Å². The highest BCUT2D eigenvalue weighted by molar-refractivity contribution is 5.24. The van der Waals surface area contributed by atoms with Crippen molar-refractivity contribution in [3.8, 4) is 0 Å². The van der Waals surface area contributed by atoms with Gasteiger partial charge >= 0.3 is 0 Å². The fourth-order valence-corrected chi connectivity index (χ4v) is 1.39. The Bertz CT molecular complexity index is 277. The minimum atomic E-state index is 0.774. The van der Waals surface area contributed by atoms with Gasteiger partial charge in [-0.3, -0.25) is 0 Å². The number of aromatic nitrogens is 2. The average Bonchev–Trinajstić information content (AvgIpc) is 2.91. The molecule has 2 nitrogen and oxygen atoms in total. The maximum Gasteiger partial charge on any atom is 0.125 e. The van der Waals surface area contributed by atoms with Gasteiger partial charge in [0.2, 0.25) is 0 Å². The highest BCUT2D eigenvalue weighted by Crippen LogP contribution is 2.40. The highest BCUT2D eigenvalue weighted by Gasteiger charge is 2.25. The first-order chi connectivity index (χ1) is 6.27. The Morgan fingerprint density at radius 3 is 2.31 bits per heavy atom. The van der Waals surface area contributed by atoms with Gasteiger partial charge in [0.25, 0.3) is 0 Å². The van der Waals surface area contributed by atoms with E-state index in [4.69, 9.17) is 0 Å². The Kier molecular flexibility index (Phi) is 3.40. The van der Waals surface area contributed by atoms with Gasteiger partial charge in [0.05, 0.1) is 0 Å². The number of rotatable bonds is 1. The van der Waals surface area contributed by atoms with Crippen molar-refractivity contribution in [2.45, 2.75) is 46.5 Å². The summed E-state index contributed by atoms with van der Waals surface area (Å²) in [5, 5.41) is 0. The van der Waals surface area contributed by atoms with E-state index in [9.17, 15) is 0 Å². The Hall–Kier alpha value is -0.920. The van der Waals surface area contributed by atoms with Crippen LogP contribution < -0.4 is 0 Å². The molecule has 1 aliphatic rings. The van der Waals surface area contributed by atoms with Gasteiger partial charge in [0, 0.05) is 11.9 Å². The molecule has 1 aromatic rings. The summed E-state index contributed by atoms with van der Waals surface area (Å²) >= 11 is 0. The van der Waals surface area contributed by atoms with E-state index >= 15 is 0 Å². The van der Waals surface area contributed by atoms with Crippen molar-refractivity contribution < 1.29 is 0 Å². The van der Waals surface area contributed by atoms with Crippen LogP contribution in [0.3, 0.4) is 0 Å². The van der Waals surface area contributed by atoms with Crippen LogP contribution in [0.2, 0.25) is 0 Å². The Labute approximate surface area is 80.4 Å². The molecule has 0 unspecified atom stereocenters. The van der Waals surface area contributed by atoms with Gasteiger partial charge in [0.1, 0.15) is 5.82 Å². The van der Waals surface area contributed by atoms with E-state index < -0.39 is 0 Å². The molecule has 0 bridgehead atoms. The van der Waals surface area contributed by atoms with Gasteiger partial charge in [0.15, 0.2) is 0 Å². The highest BCUT2D eigenvalue weighted by atomic mass is 14.9. The molecule has 2 heteroatoms. The predicted molar refractivity (Wildman–Crippen MR) is 54.8 cm³/mol. The summed E-state index contributed by atoms with van der Waals surface area (Å²) in [4.78, 5) is 8.51. The third kappa shape index (κ3) is 2.51. The second-order valence-electron chi connectivity index (χ2n) is 3.23. The van der Waals surface area contributed by atoms with Crippen molar-refractivity contribution >= 4 is 0 Å². The van der Waals surface area contributed by atoms with E-state index in [-0.39, 0.29) is 0 Å². The quantitative estimate of drug-likeness (QED) is 0.660. The summed E-state index contributed by atoms with van der Waals surface area (Å²) < 4.78 is 0. The largest absolute Gasteiger partial charge is 0.241 e. The summed E-state index contributed by atoms with van der Waals surface area (Å²) in [6.07, 6.45) is 4.63. The molecular formula is C11H18N2. The molecular weight excluding hydrogens is 160 g/mol. The van der Waals surface area contributed by atoms with Crippen LogP contribution in [0.5, 0.6) is 0 Å². The lowest BCUT2D eigenvalue weighted by Crippen LogP contribution is -1.95. The molecule has 0 aliphatic heterocycles. The van der Waals surface area contributed by atoms with Crippen LogP contribution in [0.1, 0.15) is 49.7 Å². The predicted octanol–water partition coefficient (Wildman–Crippen LogP) is 3.00. The molecule has 1 heterocycles. The molecule has 1 saturated carbocycles. The van der Waals surface area contributed by atoms with Gasteiger partial charge in [-0.15, -0.1) is 0 Å². The van der Waals surface area contributed by atoms with Crippen LogP contribution >= 0.6 is 0 Å². The number of aryl methyl sites for hydroxylation is 2. The SMILES string of the molecule is CC.Cc1ncc(C2CC2)c(C)n1. The van der Waals surface area contributed by atoms with Crippen LogP contribution in [-0.2, 0) is 0 Å². The fraction of sp³-hybridized carbons (Fsp3) is 0.636. The third-order valence-electron chi connectivity index (χ3n) is 2.15. The molecule has 1 fully saturated rings. The Morgan fingerprint density at radius 1 is 1.23 bits per heavy atom. The minimum absolute atomic E-state index is 0.774. The van der Waals surface area contributed by atoms with Crippen molar-refractivity contribution in [2.24, 2.45) is 0 Å². The van der Waals surface area contributed by atoms with Crippen molar-refractivity contribution in [1.82, 2.24) is 9.97 Å². The van der Waals surface area contributed by atoms with E-state index in [0.29, 0.717) is 0 Å². The van der Waals surface area contributed by atoms with E-state index in [0.717, 1.165) is 11.7 Å². The van der Waals surface area contributed by atoms with Gasteiger partial charge in [-0.25, -0.2) is 9.97 Å². The summed E-state index contributed by atoms with van der Waals surface area (Å²) in [6.45, 7) is 8.01. The first kappa shape index (κ1) is 10.2. The summed E-state index contributed by atoms with van der Waals surface area (Å²) in [7, 11) is 0. The normalized spacial score (nSPS) is 14.8. The molecule has 13 heavy (non-hydrogen) atoms. The monoisotopic (exact) mass is 178 g/mol. The van der Waals surface area contributed by atoms with E-state index in [1.165, 1.54) is 24.1 Å². The molecule has 0 radical (unpaired) electrons. The second-order valence-corrected chi connectivity index (χ2v) is 3.23. The topological polar surface area (TPSA) is 25.8 Å². The lowest BCUT2D eigenvalue weighted by atomic mass is 10.1. The molecule has 0 saturated heterocycles. The first-order valence-electron chi connectivity index (χ1n) is 5.07. The summed E-state index contributed by atoms with van der Waals surface area (Å²) in [6, 6.07) is 0. The molecule has 0 N–H and O–H groups in total. The first-order valence-corrected chi connectivity index (χ1v) is 5.07. The average molecular weight is 178 g/mol. The lowest BCUT2D eigenvalue weighted by Gasteiger charge is -2.01. The maximum absolute atomic E-state index is 4.32. The zero-order valence-corrected chi connectivity index (χ0v) is 8.96. The number of nitrogens with zero attached hydrogens (tertiary/aromatic N) is 2. The number of hydrogen-bond donors (Lipinski definition) is 0. The summed E-state index contributed by atoms with van der Waals surface area (Å²) in [5.74, 6) is 1.66. The van der Waals surface area contributed by atoms with Crippen molar-refractivity contribution in [1.29, 1.82) is 0 Å². The third-order valence-corrected chi connectivity index (χ3v) is 2.15. The molecule has 1 aromatic heterocycles. The maximum atomic E-state index is 4.32. The zero-order chi connectivity index (χ0) is 9.84. The van der Waals surface area contributed by atoms with Crippen molar-refractivity contribution in [2.75, 3.05) is 0 Å². The van der Waals surface area contributed by atoms with Crippen LogP contribution in [0.4, 0.5) is 0 Å². The standard InChI is InChI=1S/C9H12N2.C2H6/c1-6-9(8-3-4-8)5-10-7(2)11-6;1-2/h5,8H,3-4H2,1-2H3;1-2H3. The van der Waals surface area contributed by atoms with Crippen LogP contribution in [-0.4, -0.2) is 9.97 Å². The second kappa shape index (κ2) is 4.35. The van der Waals surface area contributed by atoms with Crippen molar-refractivity contribution in [3.63, 3.8) is 0 Å². The van der Waals surface area contributed by atoms with E-state index in [2.05, 4.69) is 16.9 Å². The summed E-state index contributed by atoms with van der Waals surface area (Å²) in [5.41, 5.74) is 2.52. The molecule has 0 aromatic carbocycles. The van der Waals surface area contributed by atoms with Gasteiger partial charge in [-0.1, -0.05) is 13.8 Å². The molecule has 1 aliphatic carbocycles. The van der Waals surface area contributed by atoms with Gasteiger partial charge in [-0.2, -0.15) is 0 Å². The smallest absolute Gasteiger partial charge is 0.125 e. The minimum Gasteiger partial charge on any atom is -0.241 e. The molecule has 0 amide bonds. The van der Waals surface area contributed by atoms with Gasteiger partial charge < -0.3 is 0 Å². The van der Waals surface area contributed by atoms with Crippen LogP contribution in [0.25, 0.3) is 0 Å². The molecule has 0 atom stereocenters. The van der Waals surface area contributed by atoms with E-state index in [1.54, 1.807) is 0 Å². The Morgan fingerprint density at radius 2 is 1.85 bits per heavy atom. The molecule has 72 valence electrons. The molecule has 0 spiro atoms.